The van der Waals surface area contributed by atoms with E-state index in [1.54, 1.807) is 13.2 Å². The van der Waals surface area contributed by atoms with Crippen molar-refractivity contribution in [2.45, 2.75) is 83.5 Å². The summed E-state index contributed by atoms with van der Waals surface area (Å²) in [5, 5.41) is 14.7. The molecule has 3 aliphatic heterocycles. The molecule has 8 nitrogen and oxygen atoms in total. The standard InChI is InChI=1S/C32H45ClN2O6/c1-18(2)23-14-20(4)35(7)24-15-22(16-25(38-8)28(24)33)13-19(3)11-10-12-27(39-9)32(37)17-26(40-30(36)34-32)21(5)29-31(23,6)41-29/h10-12,15-16,18,21,23,26-27,29,37H,4,13-14,17H2,1-3,5-9H3,(H,34,36)/b12-10+,19-11+. The molecule has 4 bridgehead atoms. The van der Waals surface area contributed by atoms with Crippen LogP contribution in [0.4, 0.5) is 10.5 Å². The van der Waals surface area contributed by atoms with E-state index < -0.39 is 29.6 Å². The van der Waals surface area contributed by atoms with Crippen LogP contribution in [0.15, 0.2) is 48.2 Å². The Morgan fingerprint density at radius 1 is 1.29 bits per heavy atom. The molecule has 3 heterocycles. The number of halogens is 1. The summed E-state index contributed by atoms with van der Waals surface area (Å²) in [7, 11) is 5.11. The predicted molar refractivity (Wildman–Crippen MR) is 161 cm³/mol. The molecule has 226 valence electrons. The van der Waals surface area contributed by atoms with Crippen LogP contribution in [-0.4, -0.2) is 62.1 Å². The number of anilines is 1. The average Bonchev–Trinajstić information content (AvgIpc) is 3.60. The normalized spacial score (nSPS) is 36.5. The lowest BCUT2D eigenvalue weighted by Crippen LogP contribution is -2.63. The van der Waals surface area contributed by atoms with Crippen LogP contribution in [0.3, 0.4) is 0 Å². The van der Waals surface area contributed by atoms with Crippen molar-refractivity contribution < 1.29 is 28.8 Å². The molecule has 0 aliphatic carbocycles. The first-order chi connectivity index (χ1) is 19.2. The van der Waals surface area contributed by atoms with Crippen molar-refractivity contribution in [2.24, 2.45) is 17.8 Å². The molecule has 4 rings (SSSR count). The van der Waals surface area contributed by atoms with Crippen LogP contribution in [0.1, 0.15) is 53.0 Å². The van der Waals surface area contributed by atoms with E-state index in [0.717, 1.165) is 22.5 Å². The highest BCUT2D eigenvalue weighted by molar-refractivity contribution is 6.34. The van der Waals surface area contributed by atoms with E-state index in [9.17, 15) is 9.90 Å². The van der Waals surface area contributed by atoms with Gasteiger partial charge < -0.3 is 29.0 Å². The van der Waals surface area contributed by atoms with E-state index in [4.69, 9.17) is 30.5 Å². The molecule has 1 aromatic rings. The summed E-state index contributed by atoms with van der Waals surface area (Å²) in [6.07, 6.45) is 4.87. The predicted octanol–water partition coefficient (Wildman–Crippen LogP) is 6.02. The van der Waals surface area contributed by atoms with Gasteiger partial charge in [-0.15, -0.1) is 0 Å². The van der Waals surface area contributed by atoms with Crippen molar-refractivity contribution in [1.82, 2.24) is 5.32 Å². The fraction of sp³-hybridized carbons (Fsp3) is 0.594. The summed E-state index contributed by atoms with van der Waals surface area (Å²) >= 11 is 6.82. The molecule has 41 heavy (non-hydrogen) atoms. The number of alkyl carbamates (subject to hydrolysis) is 1. The SMILES string of the molecule is C=C1CC(C(C)C)C2(C)OC2C(C)C2CC(O)(NC(=O)O2)C(OC)/C=C/C=C(\C)Cc2cc(OC)c(Cl)c(c2)N1C. The van der Waals surface area contributed by atoms with Crippen LogP contribution >= 0.6 is 11.6 Å². The van der Waals surface area contributed by atoms with Gasteiger partial charge in [0.15, 0.2) is 5.72 Å². The number of carbonyl (C=O) groups excluding carboxylic acids is 1. The van der Waals surface area contributed by atoms with Gasteiger partial charge in [-0.05, 0) is 56.2 Å². The highest BCUT2D eigenvalue weighted by Gasteiger charge is 2.62. The van der Waals surface area contributed by atoms with Crippen LogP contribution in [-0.2, 0) is 20.6 Å². The fourth-order valence-electron chi connectivity index (χ4n) is 6.51. The zero-order valence-electron chi connectivity index (χ0n) is 25.5. The molecule has 1 amide bonds. The lowest BCUT2D eigenvalue weighted by Gasteiger charge is -2.42. The number of amides is 1. The average molecular weight is 589 g/mol. The molecule has 0 spiro atoms. The van der Waals surface area contributed by atoms with Crippen LogP contribution in [0.25, 0.3) is 0 Å². The first-order valence-electron chi connectivity index (χ1n) is 14.3. The van der Waals surface area contributed by atoms with Crippen LogP contribution in [0.5, 0.6) is 5.75 Å². The number of hydrogen-bond donors (Lipinski definition) is 2. The van der Waals surface area contributed by atoms with Crippen LogP contribution in [0.2, 0.25) is 5.02 Å². The molecular weight excluding hydrogens is 544 g/mol. The zero-order valence-corrected chi connectivity index (χ0v) is 26.2. The summed E-state index contributed by atoms with van der Waals surface area (Å²) in [4.78, 5) is 14.7. The zero-order chi connectivity index (χ0) is 30.3. The van der Waals surface area contributed by atoms with E-state index in [-0.39, 0.29) is 30.3 Å². The summed E-state index contributed by atoms with van der Waals surface area (Å²) in [6, 6.07) is 4.03. The highest BCUT2D eigenvalue weighted by Crippen LogP contribution is 2.53. The fourth-order valence-corrected chi connectivity index (χ4v) is 6.83. The van der Waals surface area contributed by atoms with Crippen molar-refractivity contribution >= 4 is 23.4 Å². The largest absolute Gasteiger partial charge is 0.495 e. The van der Waals surface area contributed by atoms with E-state index in [1.165, 1.54) is 7.11 Å². The number of aliphatic hydroxyl groups is 1. The number of rotatable bonds is 3. The Labute approximate surface area is 249 Å². The molecule has 2 N–H and O–H groups in total. The molecular formula is C32H45ClN2O6. The van der Waals surface area contributed by atoms with Gasteiger partial charge in [-0.25, -0.2) is 4.79 Å². The molecule has 3 aliphatic rings. The van der Waals surface area contributed by atoms with Gasteiger partial charge in [0.2, 0.25) is 0 Å². The monoisotopic (exact) mass is 588 g/mol. The molecule has 7 atom stereocenters. The summed E-state index contributed by atoms with van der Waals surface area (Å²) < 4.78 is 23.4. The van der Waals surface area contributed by atoms with E-state index in [1.807, 2.05) is 44.0 Å². The molecule has 7 unspecified atom stereocenters. The molecule has 2 saturated heterocycles. The number of methoxy groups -OCH3 is 2. The van der Waals surface area contributed by atoms with Gasteiger partial charge >= 0.3 is 6.09 Å². The van der Waals surface area contributed by atoms with Crippen molar-refractivity contribution in [3.8, 4) is 5.75 Å². The molecule has 0 aromatic heterocycles. The third-order valence-corrected chi connectivity index (χ3v) is 9.43. The van der Waals surface area contributed by atoms with Gasteiger partial charge in [0.05, 0.1) is 24.5 Å². The third-order valence-electron chi connectivity index (χ3n) is 9.05. The number of ether oxygens (including phenoxy) is 4. The second kappa shape index (κ2) is 12.0. The Balaban J connectivity index is 1.78. The molecule has 1 aromatic carbocycles. The smallest absolute Gasteiger partial charge is 0.409 e. The maximum atomic E-state index is 12.7. The minimum Gasteiger partial charge on any atom is -0.495 e. The third kappa shape index (κ3) is 6.31. The van der Waals surface area contributed by atoms with E-state index in [0.29, 0.717) is 23.6 Å². The molecule has 0 saturated carbocycles. The van der Waals surface area contributed by atoms with Gasteiger partial charge in [0.1, 0.15) is 23.0 Å². The number of carbonyl (C=O) groups is 1. The van der Waals surface area contributed by atoms with Gasteiger partial charge in [-0.1, -0.05) is 62.8 Å². The summed E-state index contributed by atoms with van der Waals surface area (Å²) in [6.45, 7) is 15.0. The van der Waals surface area contributed by atoms with Crippen molar-refractivity contribution in [3.05, 3.63) is 58.8 Å². The first-order valence-corrected chi connectivity index (χ1v) is 14.7. The van der Waals surface area contributed by atoms with Gasteiger partial charge in [0, 0.05) is 32.2 Å². The second-order valence-corrected chi connectivity index (χ2v) is 12.7. The quantitative estimate of drug-likeness (QED) is 0.417. The van der Waals surface area contributed by atoms with Gasteiger partial charge in [0.25, 0.3) is 0 Å². The number of allylic oxidation sites excluding steroid dienone is 4. The number of epoxide rings is 1. The number of hydrogen-bond acceptors (Lipinski definition) is 7. The highest BCUT2D eigenvalue weighted by atomic mass is 35.5. The van der Waals surface area contributed by atoms with Gasteiger partial charge in [-0.2, -0.15) is 0 Å². The second-order valence-electron chi connectivity index (χ2n) is 12.3. The lowest BCUT2D eigenvalue weighted by atomic mass is 9.75. The molecule has 0 radical (unpaired) electrons. The molecule has 9 heteroatoms. The maximum absolute atomic E-state index is 12.7. The summed E-state index contributed by atoms with van der Waals surface area (Å²) in [5.41, 5.74) is 1.75. The number of benzene rings is 1. The van der Waals surface area contributed by atoms with Gasteiger partial charge in [-0.3, -0.25) is 5.32 Å². The minimum atomic E-state index is -1.64. The minimum absolute atomic E-state index is 0.131. The van der Waals surface area contributed by atoms with Crippen LogP contribution in [0, 0.1) is 17.8 Å². The Bertz CT molecular complexity index is 1230. The van der Waals surface area contributed by atoms with Crippen molar-refractivity contribution in [1.29, 1.82) is 0 Å². The van der Waals surface area contributed by atoms with E-state index in [2.05, 4.69) is 38.7 Å². The number of fused-ring (bicyclic) bond motifs is 5. The summed E-state index contributed by atoms with van der Waals surface area (Å²) in [5.74, 6) is 0.860. The Kier molecular flexibility index (Phi) is 9.19. The number of nitrogens with one attached hydrogen (secondary N) is 1. The Morgan fingerprint density at radius 3 is 2.63 bits per heavy atom. The Morgan fingerprint density at radius 2 is 2.00 bits per heavy atom. The lowest BCUT2D eigenvalue weighted by molar-refractivity contribution is -0.142. The Hall–Kier alpha value is -2.52. The topological polar surface area (TPSA) is 92.8 Å². The first kappa shape index (κ1) is 31.4. The van der Waals surface area contributed by atoms with Crippen LogP contribution < -0.4 is 15.0 Å². The molecule has 2 fully saturated rings. The van der Waals surface area contributed by atoms with E-state index >= 15 is 0 Å². The van der Waals surface area contributed by atoms with Crippen molar-refractivity contribution in [3.63, 3.8) is 0 Å². The number of nitrogens with zero attached hydrogens (tertiary/aromatic N) is 1. The maximum Gasteiger partial charge on any atom is 0.409 e. The van der Waals surface area contributed by atoms with Crippen molar-refractivity contribution in [2.75, 3.05) is 26.2 Å².